The molecule has 0 spiro atoms. The van der Waals surface area contributed by atoms with Gasteiger partial charge in [-0.15, -0.1) is 10.2 Å². The Bertz CT molecular complexity index is 440. The first-order valence-electron chi connectivity index (χ1n) is 4.83. The van der Waals surface area contributed by atoms with Gasteiger partial charge >= 0.3 is 0 Å². The van der Waals surface area contributed by atoms with Gasteiger partial charge in [-0.3, -0.25) is 0 Å². The molecule has 1 atom stereocenters. The predicted octanol–water partition coefficient (Wildman–Crippen LogP) is 0.289. The smallest absolute Gasteiger partial charge is 0.151 e. The van der Waals surface area contributed by atoms with Gasteiger partial charge in [0.05, 0.1) is 11.5 Å². The SMILES string of the molecule is NCc1nnc(C2CCCS(=O)(=O)C2)s1. The lowest BCUT2D eigenvalue weighted by Crippen LogP contribution is -2.23. The largest absolute Gasteiger partial charge is 0.324 e. The number of rotatable bonds is 2. The van der Waals surface area contributed by atoms with E-state index in [1.807, 2.05) is 0 Å². The van der Waals surface area contributed by atoms with Crippen LogP contribution < -0.4 is 5.73 Å². The van der Waals surface area contributed by atoms with Crippen molar-refractivity contribution in [1.82, 2.24) is 10.2 Å². The quantitative estimate of drug-likeness (QED) is 0.811. The van der Waals surface area contributed by atoms with Crippen LogP contribution in [0.3, 0.4) is 0 Å². The van der Waals surface area contributed by atoms with Crippen molar-refractivity contribution in [1.29, 1.82) is 0 Å². The summed E-state index contributed by atoms with van der Waals surface area (Å²) in [5.41, 5.74) is 5.44. The molecule has 0 aliphatic carbocycles. The van der Waals surface area contributed by atoms with Gasteiger partial charge in [0.1, 0.15) is 10.0 Å². The maximum absolute atomic E-state index is 11.4. The lowest BCUT2D eigenvalue weighted by Gasteiger charge is -2.18. The van der Waals surface area contributed by atoms with E-state index in [0.717, 1.165) is 22.9 Å². The molecule has 15 heavy (non-hydrogen) atoms. The van der Waals surface area contributed by atoms with Gasteiger partial charge in [-0.05, 0) is 12.8 Å². The number of aromatic nitrogens is 2. The zero-order chi connectivity index (χ0) is 10.9. The van der Waals surface area contributed by atoms with Gasteiger partial charge in [0.15, 0.2) is 9.84 Å². The highest BCUT2D eigenvalue weighted by Gasteiger charge is 2.28. The van der Waals surface area contributed by atoms with Crippen LogP contribution >= 0.6 is 11.3 Å². The van der Waals surface area contributed by atoms with Crippen LogP contribution in [-0.4, -0.2) is 30.1 Å². The number of nitrogens with zero attached hydrogens (tertiary/aromatic N) is 2. The minimum absolute atomic E-state index is 0.0292. The standard InChI is InChI=1S/C8H13N3O2S2/c9-4-7-10-11-8(14-7)6-2-1-3-15(12,13)5-6/h6H,1-5,9H2. The molecular formula is C8H13N3O2S2. The Kier molecular flexibility index (Phi) is 3.03. The second-order valence-corrected chi connectivity index (χ2v) is 7.01. The fraction of sp³-hybridized carbons (Fsp3) is 0.750. The normalized spacial score (nSPS) is 25.3. The van der Waals surface area contributed by atoms with Crippen LogP contribution in [-0.2, 0) is 16.4 Å². The van der Waals surface area contributed by atoms with Crippen LogP contribution in [0.1, 0.15) is 28.8 Å². The molecule has 2 N–H and O–H groups in total. The fourth-order valence-corrected chi connectivity index (χ4v) is 4.40. The van der Waals surface area contributed by atoms with Gasteiger partial charge < -0.3 is 5.73 Å². The van der Waals surface area contributed by atoms with Crippen LogP contribution in [0.5, 0.6) is 0 Å². The Balaban J connectivity index is 2.17. The third-order valence-corrected chi connectivity index (χ3v) is 5.40. The lowest BCUT2D eigenvalue weighted by atomic mass is 10.1. The topological polar surface area (TPSA) is 85.9 Å². The van der Waals surface area contributed by atoms with Crippen molar-refractivity contribution in [2.75, 3.05) is 11.5 Å². The molecule has 0 amide bonds. The first-order chi connectivity index (χ1) is 7.11. The molecule has 1 aliphatic rings. The predicted molar refractivity (Wildman–Crippen MR) is 58.4 cm³/mol. The summed E-state index contributed by atoms with van der Waals surface area (Å²) in [4.78, 5) is 0. The molecule has 1 saturated heterocycles. The molecule has 0 radical (unpaired) electrons. The van der Waals surface area contributed by atoms with Gasteiger partial charge in [0.25, 0.3) is 0 Å². The Morgan fingerprint density at radius 1 is 1.47 bits per heavy atom. The second-order valence-electron chi connectivity index (χ2n) is 3.69. The third-order valence-electron chi connectivity index (χ3n) is 2.47. The third kappa shape index (κ3) is 2.53. The van der Waals surface area contributed by atoms with Crippen molar-refractivity contribution in [2.45, 2.75) is 25.3 Å². The molecule has 2 heterocycles. The van der Waals surface area contributed by atoms with Crippen molar-refractivity contribution < 1.29 is 8.42 Å². The molecule has 0 bridgehead atoms. The number of nitrogens with two attached hydrogens (primary N) is 1. The molecular weight excluding hydrogens is 234 g/mol. The Labute approximate surface area is 92.6 Å². The number of hydrogen-bond acceptors (Lipinski definition) is 6. The Morgan fingerprint density at radius 2 is 2.27 bits per heavy atom. The van der Waals surface area contributed by atoms with E-state index in [9.17, 15) is 8.42 Å². The van der Waals surface area contributed by atoms with Crippen molar-refractivity contribution in [2.24, 2.45) is 5.73 Å². The van der Waals surface area contributed by atoms with Crippen LogP contribution in [0.2, 0.25) is 0 Å². The summed E-state index contributed by atoms with van der Waals surface area (Å²) in [6.07, 6.45) is 1.61. The summed E-state index contributed by atoms with van der Waals surface area (Å²) in [5.74, 6) is 0.555. The minimum atomic E-state index is -2.87. The van der Waals surface area contributed by atoms with E-state index in [4.69, 9.17) is 5.73 Å². The molecule has 2 rings (SSSR count). The molecule has 84 valence electrons. The summed E-state index contributed by atoms with van der Waals surface area (Å²) in [6.45, 7) is 0.372. The molecule has 1 fully saturated rings. The molecule has 0 aromatic carbocycles. The van der Waals surface area contributed by atoms with Gasteiger partial charge in [-0.1, -0.05) is 11.3 Å². The van der Waals surface area contributed by atoms with E-state index < -0.39 is 9.84 Å². The van der Waals surface area contributed by atoms with E-state index in [-0.39, 0.29) is 11.7 Å². The summed E-state index contributed by atoms with van der Waals surface area (Å²) in [5, 5.41) is 9.50. The van der Waals surface area contributed by atoms with E-state index in [1.54, 1.807) is 0 Å². The minimum Gasteiger partial charge on any atom is -0.324 e. The molecule has 5 nitrogen and oxygen atoms in total. The van der Waals surface area contributed by atoms with Crippen molar-refractivity contribution in [3.05, 3.63) is 10.0 Å². The van der Waals surface area contributed by atoms with Crippen molar-refractivity contribution in [3.63, 3.8) is 0 Å². The number of hydrogen-bond donors (Lipinski definition) is 1. The van der Waals surface area contributed by atoms with Crippen molar-refractivity contribution >= 4 is 21.2 Å². The highest BCUT2D eigenvalue weighted by atomic mass is 32.2. The summed E-state index contributed by atoms with van der Waals surface area (Å²) in [7, 11) is -2.87. The van der Waals surface area contributed by atoms with Crippen LogP contribution in [0.15, 0.2) is 0 Å². The Morgan fingerprint density at radius 3 is 2.87 bits per heavy atom. The molecule has 1 aliphatic heterocycles. The fourth-order valence-electron chi connectivity index (χ4n) is 1.73. The molecule has 1 unspecified atom stereocenters. The van der Waals surface area contributed by atoms with Crippen LogP contribution in [0.25, 0.3) is 0 Å². The first kappa shape index (κ1) is 11.0. The summed E-state index contributed by atoms with van der Waals surface area (Å²) in [6, 6.07) is 0. The van der Waals surface area contributed by atoms with Gasteiger partial charge in [-0.2, -0.15) is 0 Å². The first-order valence-corrected chi connectivity index (χ1v) is 7.47. The highest BCUT2D eigenvalue weighted by Crippen LogP contribution is 2.29. The van der Waals surface area contributed by atoms with Crippen molar-refractivity contribution in [3.8, 4) is 0 Å². The maximum atomic E-state index is 11.4. The van der Waals surface area contributed by atoms with Crippen LogP contribution in [0, 0.1) is 0 Å². The molecule has 1 aromatic heterocycles. The zero-order valence-electron chi connectivity index (χ0n) is 8.22. The van der Waals surface area contributed by atoms with Gasteiger partial charge in [-0.25, -0.2) is 8.42 Å². The molecule has 1 aromatic rings. The Hall–Kier alpha value is -0.530. The number of sulfone groups is 1. The monoisotopic (exact) mass is 247 g/mol. The van der Waals surface area contributed by atoms with E-state index >= 15 is 0 Å². The lowest BCUT2D eigenvalue weighted by molar-refractivity contribution is 0.552. The van der Waals surface area contributed by atoms with E-state index in [0.29, 0.717) is 12.3 Å². The second kappa shape index (κ2) is 4.15. The summed E-state index contributed by atoms with van der Waals surface area (Å²) >= 11 is 1.43. The average molecular weight is 247 g/mol. The van der Waals surface area contributed by atoms with Gasteiger partial charge in [0, 0.05) is 12.5 Å². The highest BCUT2D eigenvalue weighted by molar-refractivity contribution is 7.91. The van der Waals surface area contributed by atoms with Gasteiger partial charge in [0.2, 0.25) is 0 Å². The van der Waals surface area contributed by atoms with E-state index in [1.165, 1.54) is 11.3 Å². The summed E-state index contributed by atoms with van der Waals surface area (Å²) < 4.78 is 22.9. The molecule has 7 heteroatoms. The average Bonchev–Trinajstić information content (AvgIpc) is 2.64. The van der Waals surface area contributed by atoms with E-state index in [2.05, 4.69) is 10.2 Å². The zero-order valence-corrected chi connectivity index (χ0v) is 9.85. The van der Waals surface area contributed by atoms with Crippen LogP contribution in [0.4, 0.5) is 0 Å². The molecule has 0 saturated carbocycles. The maximum Gasteiger partial charge on any atom is 0.151 e.